The molecule has 9 heteroatoms. The number of benzene rings is 1. The van der Waals surface area contributed by atoms with Crippen molar-refractivity contribution in [2.45, 2.75) is 25.4 Å². The third-order valence-electron chi connectivity index (χ3n) is 3.28. The highest BCUT2D eigenvalue weighted by atomic mass is 33.1. The minimum Gasteiger partial charge on any atom is -0.306 e. The Kier molecular flexibility index (Phi) is 6.01. The van der Waals surface area contributed by atoms with Crippen molar-refractivity contribution in [3.63, 3.8) is 0 Å². The van der Waals surface area contributed by atoms with Crippen LogP contribution in [0.4, 0.5) is 0 Å². The predicted molar refractivity (Wildman–Crippen MR) is 94.2 cm³/mol. The summed E-state index contributed by atoms with van der Waals surface area (Å²) in [6.07, 6.45) is 0. The van der Waals surface area contributed by atoms with Gasteiger partial charge in [0.2, 0.25) is 5.91 Å². The van der Waals surface area contributed by atoms with Crippen LogP contribution in [0.5, 0.6) is 0 Å². The number of rotatable bonds is 5. The van der Waals surface area contributed by atoms with Gasteiger partial charge in [-0.15, -0.1) is 0 Å². The van der Waals surface area contributed by atoms with Gasteiger partial charge in [0, 0.05) is 5.75 Å². The van der Waals surface area contributed by atoms with E-state index in [1.165, 1.54) is 35.4 Å². The van der Waals surface area contributed by atoms with Gasteiger partial charge < -0.3 is 9.87 Å². The lowest BCUT2D eigenvalue weighted by Gasteiger charge is -2.24. The molecule has 0 spiro atoms. The molecule has 23 heavy (non-hydrogen) atoms. The summed E-state index contributed by atoms with van der Waals surface area (Å²) in [6.45, 7) is 3.07. The lowest BCUT2D eigenvalue weighted by molar-refractivity contribution is -0.139. The first-order chi connectivity index (χ1) is 10.8. The number of aliphatic imine (C=N–C) groups is 1. The van der Waals surface area contributed by atoms with Gasteiger partial charge in [-0.1, -0.05) is 35.1 Å². The molecule has 6 nitrogen and oxygen atoms in total. The van der Waals surface area contributed by atoms with Crippen LogP contribution in [0.2, 0.25) is 0 Å². The molecule has 2 rings (SSSR count). The van der Waals surface area contributed by atoms with Gasteiger partial charge >= 0.3 is 0 Å². The highest BCUT2D eigenvalue weighted by Crippen LogP contribution is 2.31. The predicted octanol–water partition coefficient (Wildman–Crippen LogP) is 2.33. The minimum absolute atomic E-state index is 0.0752. The SMILES string of the molecule is CC1(C)C(=O)N=C(SSCc2ccccc2CS(=O)O)NC1=O. The molecule has 0 radical (unpaired) electrons. The Morgan fingerprint density at radius 2 is 1.91 bits per heavy atom. The van der Waals surface area contributed by atoms with E-state index < -0.39 is 22.4 Å². The molecule has 0 bridgehead atoms. The van der Waals surface area contributed by atoms with Crippen LogP contribution in [-0.2, 0) is 32.2 Å². The largest absolute Gasteiger partial charge is 0.306 e. The molecular formula is C14H16N2O4S3. The molecule has 0 saturated heterocycles. The number of amides is 2. The van der Waals surface area contributed by atoms with Crippen molar-refractivity contribution >= 4 is 49.7 Å². The Bertz CT molecular complexity index is 688. The Labute approximate surface area is 144 Å². The maximum absolute atomic E-state index is 11.8. The van der Waals surface area contributed by atoms with Crippen LogP contribution in [0.1, 0.15) is 25.0 Å². The van der Waals surface area contributed by atoms with Crippen molar-refractivity contribution in [3.8, 4) is 0 Å². The molecule has 2 N–H and O–H groups in total. The molecule has 1 unspecified atom stereocenters. The van der Waals surface area contributed by atoms with E-state index in [1.54, 1.807) is 6.07 Å². The monoisotopic (exact) mass is 372 g/mol. The van der Waals surface area contributed by atoms with Gasteiger partial charge in [0.25, 0.3) is 5.91 Å². The lowest BCUT2D eigenvalue weighted by atomic mass is 9.91. The maximum atomic E-state index is 11.8. The number of carbonyl (C=O) groups is 2. The number of hydrogen-bond donors (Lipinski definition) is 2. The van der Waals surface area contributed by atoms with Gasteiger partial charge in [0.1, 0.15) is 5.41 Å². The summed E-state index contributed by atoms with van der Waals surface area (Å²) < 4.78 is 20.0. The smallest absolute Gasteiger partial charge is 0.263 e. The zero-order valence-corrected chi connectivity index (χ0v) is 15.0. The lowest BCUT2D eigenvalue weighted by Crippen LogP contribution is -2.48. The zero-order chi connectivity index (χ0) is 17.0. The van der Waals surface area contributed by atoms with Crippen LogP contribution < -0.4 is 5.32 Å². The van der Waals surface area contributed by atoms with Crippen LogP contribution in [0, 0.1) is 5.41 Å². The number of hydrogen-bond acceptors (Lipinski definition) is 5. The maximum Gasteiger partial charge on any atom is 0.263 e. The molecule has 0 fully saturated rings. The number of nitrogens with zero attached hydrogens (tertiary/aromatic N) is 1. The number of carbonyl (C=O) groups excluding carboxylic acids is 2. The standard InChI is InChI=1S/C14H16N2O4S3/c1-14(2)11(17)15-13(16-12(14)18)22-21-7-9-5-3-4-6-10(9)8-23(19)20/h3-6H,7-8H2,1-2H3,(H,19,20)(H,15,16,17,18). The topological polar surface area (TPSA) is 95.8 Å². The van der Waals surface area contributed by atoms with Crippen molar-refractivity contribution < 1.29 is 18.4 Å². The highest BCUT2D eigenvalue weighted by Gasteiger charge is 2.40. The van der Waals surface area contributed by atoms with Crippen molar-refractivity contribution in [1.29, 1.82) is 0 Å². The summed E-state index contributed by atoms with van der Waals surface area (Å²) in [6, 6.07) is 7.36. The summed E-state index contributed by atoms with van der Waals surface area (Å²) >= 11 is -1.90. The summed E-state index contributed by atoms with van der Waals surface area (Å²) in [5.41, 5.74) is 0.599. The first-order valence-electron chi connectivity index (χ1n) is 6.69. The van der Waals surface area contributed by atoms with Crippen LogP contribution in [0.25, 0.3) is 0 Å². The fourth-order valence-electron chi connectivity index (χ4n) is 1.77. The minimum atomic E-state index is -1.90. The Hall–Kier alpha value is -1.16. The molecule has 1 atom stereocenters. The van der Waals surface area contributed by atoms with Crippen molar-refractivity contribution in [1.82, 2.24) is 5.32 Å². The van der Waals surface area contributed by atoms with Crippen molar-refractivity contribution in [2.24, 2.45) is 10.4 Å². The molecule has 1 aromatic rings. The van der Waals surface area contributed by atoms with E-state index in [0.29, 0.717) is 5.75 Å². The van der Waals surface area contributed by atoms with Gasteiger partial charge in [-0.2, -0.15) is 4.99 Å². The molecule has 0 saturated carbocycles. The molecule has 1 aromatic carbocycles. The number of amidine groups is 1. The highest BCUT2D eigenvalue weighted by molar-refractivity contribution is 8.82. The molecule has 1 aliphatic rings. The third kappa shape index (κ3) is 4.66. The first kappa shape index (κ1) is 18.2. The van der Waals surface area contributed by atoms with Crippen LogP contribution in [0.15, 0.2) is 29.3 Å². The summed E-state index contributed by atoms with van der Waals surface area (Å²) in [5, 5.41) is 2.88. The molecular weight excluding hydrogens is 356 g/mol. The van der Waals surface area contributed by atoms with Crippen LogP contribution >= 0.6 is 21.6 Å². The molecule has 1 aliphatic heterocycles. The Morgan fingerprint density at radius 3 is 2.52 bits per heavy atom. The van der Waals surface area contributed by atoms with Crippen molar-refractivity contribution in [3.05, 3.63) is 35.4 Å². The molecule has 1 heterocycles. The molecule has 0 aliphatic carbocycles. The fraction of sp³-hybridized carbons (Fsp3) is 0.357. The van der Waals surface area contributed by atoms with E-state index in [4.69, 9.17) is 4.55 Å². The number of nitrogens with one attached hydrogen (secondary N) is 1. The van der Waals surface area contributed by atoms with Gasteiger partial charge in [-0.3, -0.25) is 9.59 Å². The zero-order valence-electron chi connectivity index (χ0n) is 12.6. The van der Waals surface area contributed by atoms with Crippen LogP contribution in [-0.4, -0.2) is 25.7 Å². The average Bonchev–Trinajstić information content (AvgIpc) is 2.46. The normalized spacial score (nSPS) is 18.3. The van der Waals surface area contributed by atoms with E-state index in [2.05, 4.69) is 10.3 Å². The van der Waals surface area contributed by atoms with E-state index >= 15 is 0 Å². The van der Waals surface area contributed by atoms with Crippen LogP contribution in [0.3, 0.4) is 0 Å². The quantitative estimate of drug-likeness (QED) is 0.468. The van der Waals surface area contributed by atoms with E-state index in [-0.39, 0.29) is 16.8 Å². The first-order valence-corrected chi connectivity index (χ1v) is 10.3. The second-order valence-electron chi connectivity index (χ2n) is 5.38. The summed E-state index contributed by atoms with van der Waals surface area (Å²) in [7, 11) is 2.60. The van der Waals surface area contributed by atoms with Gasteiger partial charge in [0.15, 0.2) is 16.2 Å². The van der Waals surface area contributed by atoms with Gasteiger partial charge in [0.05, 0.1) is 5.75 Å². The summed E-state index contributed by atoms with van der Waals surface area (Å²) in [4.78, 5) is 27.5. The Morgan fingerprint density at radius 1 is 1.26 bits per heavy atom. The fourth-order valence-corrected chi connectivity index (χ4v) is 4.28. The second-order valence-corrected chi connectivity index (χ2v) is 8.60. The average molecular weight is 372 g/mol. The van der Waals surface area contributed by atoms with E-state index in [9.17, 15) is 13.8 Å². The van der Waals surface area contributed by atoms with E-state index in [1.807, 2.05) is 18.2 Å². The molecule has 2 amide bonds. The summed E-state index contributed by atoms with van der Waals surface area (Å²) in [5.74, 6) is -0.187. The Balaban J connectivity index is 1.97. The van der Waals surface area contributed by atoms with E-state index in [0.717, 1.165) is 11.1 Å². The third-order valence-corrected chi connectivity index (χ3v) is 5.91. The van der Waals surface area contributed by atoms with Gasteiger partial charge in [-0.25, -0.2) is 4.21 Å². The second kappa shape index (κ2) is 7.61. The molecule has 0 aromatic heterocycles. The molecule has 124 valence electrons. The van der Waals surface area contributed by atoms with Crippen molar-refractivity contribution in [2.75, 3.05) is 0 Å². The van der Waals surface area contributed by atoms with Gasteiger partial charge in [-0.05, 0) is 35.8 Å².